The summed E-state index contributed by atoms with van der Waals surface area (Å²) in [7, 11) is 0. The molecule has 0 atom stereocenters. The summed E-state index contributed by atoms with van der Waals surface area (Å²) in [6, 6.07) is 8.03. The lowest BCUT2D eigenvalue weighted by Crippen LogP contribution is -2.36. The molecule has 0 bridgehead atoms. The highest BCUT2D eigenvalue weighted by Gasteiger charge is 2.22. The number of carbonyl (C=O) groups is 1. The van der Waals surface area contributed by atoms with Gasteiger partial charge in [-0.05, 0) is 12.1 Å². The van der Waals surface area contributed by atoms with Crippen LogP contribution in [0.5, 0.6) is 0 Å². The van der Waals surface area contributed by atoms with Crippen molar-refractivity contribution < 1.29 is 14.7 Å². The van der Waals surface area contributed by atoms with E-state index in [1.807, 2.05) is 23.1 Å². The summed E-state index contributed by atoms with van der Waals surface area (Å²) in [5.74, 6) is 3.93. The van der Waals surface area contributed by atoms with Crippen molar-refractivity contribution in [1.82, 2.24) is 35.6 Å². The van der Waals surface area contributed by atoms with Crippen LogP contribution in [0.3, 0.4) is 0 Å². The zero-order valence-electron chi connectivity index (χ0n) is 21.4. The van der Waals surface area contributed by atoms with Gasteiger partial charge in [0.15, 0.2) is 11.6 Å². The van der Waals surface area contributed by atoms with Crippen LogP contribution in [0.25, 0.3) is 32.5 Å². The van der Waals surface area contributed by atoms with Gasteiger partial charge in [-0.1, -0.05) is 12.1 Å². The molecule has 0 radical (unpaired) electrons. The molecule has 1 aromatic carbocycles. The zero-order valence-corrected chi connectivity index (χ0v) is 22.2. The number of ether oxygens (including phenoxy) is 1. The van der Waals surface area contributed by atoms with Crippen molar-refractivity contribution in [2.75, 3.05) is 42.6 Å². The molecule has 0 aliphatic carbocycles. The highest BCUT2D eigenvalue weighted by atomic mass is 32.1. The first-order valence-electron chi connectivity index (χ1n) is 12.6. The minimum Gasteiger partial charge on any atom is -0.378 e. The van der Waals surface area contributed by atoms with E-state index in [0.29, 0.717) is 44.5 Å². The third kappa shape index (κ3) is 5.03. The Labute approximate surface area is 233 Å². The summed E-state index contributed by atoms with van der Waals surface area (Å²) in [6.45, 7) is 3.76. The Kier molecular flexibility index (Phi) is 7.19. The van der Waals surface area contributed by atoms with Crippen molar-refractivity contribution >= 4 is 50.1 Å². The fourth-order valence-corrected chi connectivity index (χ4v) is 5.75. The normalized spacial score (nSPS) is 13.4. The molecule has 5 aromatic rings. The molecule has 0 unspecified atom stereocenters. The maximum Gasteiger partial charge on any atom is 0.277 e. The Balaban J connectivity index is 1.40. The number of carbonyl (C=O) groups excluding carboxylic acids is 1. The standard InChI is InChI=1S/C27H25N9O3S/c1-2-3-7-36(27-28-13-17(14-29-27)26(37)34-38)16-18-12-22-23(40-18)25(35-8-10-39-11-9-35)32-24(31-22)19-5-4-6-21-20(19)15-30-33-21/h1,4-6,12-15,38H,3,7-11,16H2,(H,30,33)(H,34,37). The summed E-state index contributed by atoms with van der Waals surface area (Å²) in [6.07, 6.45) is 10.6. The van der Waals surface area contributed by atoms with Crippen molar-refractivity contribution in [3.05, 3.63) is 53.3 Å². The van der Waals surface area contributed by atoms with Gasteiger partial charge >= 0.3 is 0 Å². The third-order valence-electron chi connectivity index (χ3n) is 6.60. The van der Waals surface area contributed by atoms with Crippen LogP contribution in [0.15, 0.2) is 42.9 Å². The molecule has 1 aliphatic rings. The van der Waals surface area contributed by atoms with Gasteiger partial charge in [0.2, 0.25) is 5.95 Å². The number of fused-ring (bicyclic) bond motifs is 2. The largest absolute Gasteiger partial charge is 0.378 e. The zero-order chi connectivity index (χ0) is 27.5. The Morgan fingerprint density at radius 2 is 2.05 bits per heavy atom. The van der Waals surface area contributed by atoms with E-state index >= 15 is 0 Å². The van der Waals surface area contributed by atoms with Gasteiger partial charge in [0, 0.05) is 54.3 Å². The fourth-order valence-electron chi connectivity index (χ4n) is 4.62. The Morgan fingerprint density at radius 3 is 2.83 bits per heavy atom. The smallest absolute Gasteiger partial charge is 0.277 e. The molecule has 5 heterocycles. The molecule has 6 rings (SSSR count). The number of rotatable bonds is 8. The summed E-state index contributed by atoms with van der Waals surface area (Å²) in [4.78, 5) is 35.7. The van der Waals surface area contributed by atoms with Crippen molar-refractivity contribution in [3.63, 3.8) is 0 Å². The van der Waals surface area contributed by atoms with E-state index in [1.54, 1.807) is 23.0 Å². The fraction of sp³-hybridized carbons (Fsp3) is 0.259. The van der Waals surface area contributed by atoms with Crippen LogP contribution in [0, 0.1) is 12.3 Å². The van der Waals surface area contributed by atoms with E-state index in [0.717, 1.165) is 50.5 Å². The number of hydrogen-bond donors (Lipinski definition) is 3. The molecule has 202 valence electrons. The minimum atomic E-state index is -0.678. The number of nitrogens with zero attached hydrogens (tertiary/aromatic N) is 7. The summed E-state index contributed by atoms with van der Waals surface area (Å²) < 4.78 is 6.59. The maximum atomic E-state index is 11.7. The average molecular weight is 556 g/mol. The highest BCUT2D eigenvalue weighted by molar-refractivity contribution is 7.19. The Hall–Kier alpha value is -4.64. The van der Waals surface area contributed by atoms with Gasteiger partial charge in [-0.2, -0.15) is 5.10 Å². The number of amides is 1. The number of benzene rings is 1. The van der Waals surface area contributed by atoms with E-state index in [2.05, 4.69) is 37.1 Å². The van der Waals surface area contributed by atoms with Gasteiger partial charge in [-0.3, -0.25) is 15.1 Å². The number of aromatic amines is 1. The lowest BCUT2D eigenvalue weighted by molar-refractivity contribution is 0.0705. The second kappa shape index (κ2) is 11.2. The third-order valence-corrected chi connectivity index (χ3v) is 7.70. The molecular weight excluding hydrogens is 530 g/mol. The first-order chi connectivity index (χ1) is 19.6. The van der Waals surface area contributed by atoms with Crippen molar-refractivity contribution in [3.8, 4) is 23.7 Å². The van der Waals surface area contributed by atoms with Gasteiger partial charge in [0.25, 0.3) is 5.91 Å². The van der Waals surface area contributed by atoms with Crippen molar-refractivity contribution in [2.45, 2.75) is 13.0 Å². The first-order valence-corrected chi connectivity index (χ1v) is 13.5. The molecule has 0 saturated carbocycles. The van der Waals surface area contributed by atoms with Gasteiger partial charge in [-0.25, -0.2) is 25.4 Å². The van der Waals surface area contributed by atoms with E-state index < -0.39 is 5.91 Å². The predicted octanol–water partition coefficient (Wildman–Crippen LogP) is 3.01. The van der Waals surface area contributed by atoms with Crippen molar-refractivity contribution in [1.29, 1.82) is 0 Å². The second-order valence-electron chi connectivity index (χ2n) is 9.12. The SMILES string of the molecule is C#CCCN(Cc1cc2nc(-c3cccc4[nH]ncc34)nc(N3CCOCC3)c2s1)c1ncc(C(=O)NO)cn1. The van der Waals surface area contributed by atoms with E-state index in [1.165, 1.54) is 12.4 Å². The minimum absolute atomic E-state index is 0.149. The second-order valence-corrected chi connectivity index (χ2v) is 10.3. The molecule has 1 saturated heterocycles. The van der Waals surface area contributed by atoms with E-state index in [9.17, 15) is 4.79 Å². The van der Waals surface area contributed by atoms with Crippen LogP contribution in [-0.2, 0) is 11.3 Å². The Morgan fingerprint density at radius 1 is 1.23 bits per heavy atom. The predicted molar refractivity (Wildman–Crippen MR) is 151 cm³/mol. The number of H-pyrrole nitrogens is 1. The molecule has 0 spiro atoms. The molecule has 1 aliphatic heterocycles. The van der Waals surface area contributed by atoms with Crippen LogP contribution in [0.2, 0.25) is 0 Å². The van der Waals surface area contributed by atoms with E-state index in [-0.39, 0.29) is 5.56 Å². The van der Waals surface area contributed by atoms with Crippen LogP contribution in [0.1, 0.15) is 21.7 Å². The molecular formula is C27H25N9O3S. The summed E-state index contributed by atoms with van der Waals surface area (Å²) in [5.41, 5.74) is 4.42. The van der Waals surface area contributed by atoms with Gasteiger partial charge in [0.05, 0.1) is 47.3 Å². The molecule has 4 aromatic heterocycles. The van der Waals surface area contributed by atoms with Gasteiger partial charge < -0.3 is 14.5 Å². The van der Waals surface area contributed by atoms with E-state index in [4.69, 9.17) is 26.3 Å². The van der Waals surface area contributed by atoms with Gasteiger partial charge in [-0.15, -0.1) is 23.7 Å². The highest BCUT2D eigenvalue weighted by Crippen LogP contribution is 2.36. The number of anilines is 2. The number of thiophene rings is 1. The quantitative estimate of drug-likeness (QED) is 0.148. The average Bonchev–Trinajstić information content (AvgIpc) is 3.65. The molecule has 1 fully saturated rings. The molecule has 12 nitrogen and oxygen atoms in total. The number of hydrogen-bond acceptors (Lipinski definition) is 11. The molecule has 3 N–H and O–H groups in total. The van der Waals surface area contributed by atoms with Gasteiger partial charge in [0.1, 0.15) is 0 Å². The van der Waals surface area contributed by atoms with Crippen LogP contribution in [-0.4, -0.2) is 74.1 Å². The van der Waals surface area contributed by atoms with Crippen LogP contribution in [0.4, 0.5) is 11.8 Å². The maximum absolute atomic E-state index is 11.7. The summed E-state index contributed by atoms with van der Waals surface area (Å²) in [5, 5.41) is 17.1. The lowest BCUT2D eigenvalue weighted by atomic mass is 10.1. The number of terminal acetylenes is 1. The number of hydroxylamine groups is 1. The molecule has 40 heavy (non-hydrogen) atoms. The van der Waals surface area contributed by atoms with Crippen LogP contribution >= 0.6 is 11.3 Å². The molecule has 13 heteroatoms. The first kappa shape index (κ1) is 25.6. The number of nitrogens with one attached hydrogen (secondary N) is 2. The Bertz CT molecular complexity index is 1700. The monoisotopic (exact) mass is 555 g/mol. The van der Waals surface area contributed by atoms with Crippen LogP contribution < -0.4 is 15.3 Å². The topological polar surface area (TPSA) is 145 Å². The number of aromatic nitrogens is 6. The summed E-state index contributed by atoms with van der Waals surface area (Å²) >= 11 is 1.62. The number of morpholine rings is 1. The van der Waals surface area contributed by atoms with Crippen molar-refractivity contribution in [2.24, 2.45) is 0 Å². The molecule has 1 amide bonds. The lowest BCUT2D eigenvalue weighted by Gasteiger charge is -2.28.